The normalized spacial score (nSPS) is 13.0. The van der Waals surface area contributed by atoms with Crippen LogP contribution in [0, 0.1) is 0 Å². The summed E-state index contributed by atoms with van der Waals surface area (Å²) in [7, 11) is 0. The van der Waals surface area contributed by atoms with E-state index in [1.165, 1.54) is 0 Å². The van der Waals surface area contributed by atoms with Gasteiger partial charge in [-0.05, 0) is 48.0 Å². The highest BCUT2D eigenvalue weighted by atomic mass is 16.5. The lowest BCUT2D eigenvalue weighted by Crippen LogP contribution is -1.95. The highest BCUT2D eigenvalue weighted by Crippen LogP contribution is 2.26. The molecule has 0 unspecified atom stereocenters. The van der Waals surface area contributed by atoms with Gasteiger partial charge in [-0.25, -0.2) is 4.68 Å². The molecule has 0 saturated heterocycles. The van der Waals surface area contributed by atoms with Crippen molar-refractivity contribution in [1.82, 2.24) is 9.78 Å². The van der Waals surface area contributed by atoms with Crippen LogP contribution in [0.25, 0.3) is 11.8 Å². The Bertz CT molecular complexity index is 910. The van der Waals surface area contributed by atoms with Crippen LogP contribution in [0.15, 0.2) is 67.0 Å². The van der Waals surface area contributed by atoms with Crippen molar-refractivity contribution in [2.75, 3.05) is 6.61 Å². The number of aromatic nitrogens is 2. The molecule has 4 nitrogen and oxygen atoms in total. The number of ketones is 1. The first-order valence-corrected chi connectivity index (χ1v) is 7.88. The van der Waals surface area contributed by atoms with E-state index >= 15 is 0 Å². The Balaban J connectivity index is 1.51. The summed E-state index contributed by atoms with van der Waals surface area (Å²) in [6.45, 7) is 0.696. The first-order valence-electron chi connectivity index (χ1n) is 7.88. The van der Waals surface area contributed by atoms with E-state index in [1.807, 2.05) is 54.7 Å². The summed E-state index contributed by atoms with van der Waals surface area (Å²) in [5.74, 6) is 0.872. The molecule has 2 heterocycles. The van der Waals surface area contributed by atoms with Crippen molar-refractivity contribution >= 4 is 11.9 Å². The number of carbonyl (C=O) groups excluding carboxylic acids is 1. The predicted octanol–water partition coefficient (Wildman–Crippen LogP) is 3.70. The molecular formula is C20H16N2O2. The summed E-state index contributed by atoms with van der Waals surface area (Å²) >= 11 is 0. The molecule has 4 heteroatoms. The molecule has 0 fully saturated rings. The molecule has 0 bridgehead atoms. The first kappa shape index (κ1) is 14.5. The quantitative estimate of drug-likeness (QED) is 0.544. The monoisotopic (exact) mass is 316 g/mol. The van der Waals surface area contributed by atoms with E-state index < -0.39 is 0 Å². The number of para-hydroxylation sites is 1. The number of hydrogen-bond donors (Lipinski definition) is 0. The molecule has 0 amide bonds. The largest absolute Gasteiger partial charge is 0.493 e. The summed E-state index contributed by atoms with van der Waals surface area (Å²) in [6, 6.07) is 15.5. The molecule has 2 aromatic carbocycles. The van der Waals surface area contributed by atoms with Gasteiger partial charge in [-0.2, -0.15) is 5.10 Å². The van der Waals surface area contributed by atoms with Gasteiger partial charge >= 0.3 is 0 Å². The standard InChI is InChI=1S/C20H16N2O2/c23-19(16-7-9-20-17(12-16)10-11-24-20)8-6-15-13-21-22(14-15)18-4-2-1-3-5-18/h1-9,12-14H,10-11H2. The number of hydrogen-bond acceptors (Lipinski definition) is 3. The number of carbonyl (C=O) groups is 1. The molecule has 24 heavy (non-hydrogen) atoms. The molecule has 0 saturated carbocycles. The maximum atomic E-state index is 12.3. The fourth-order valence-corrected chi connectivity index (χ4v) is 2.75. The van der Waals surface area contributed by atoms with Crippen molar-refractivity contribution < 1.29 is 9.53 Å². The van der Waals surface area contributed by atoms with Gasteiger partial charge in [0, 0.05) is 23.7 Å². The minimum absolute atomic E-state index is 0.0165. The van der Waals surface area contributed by atoms with E-state index in [2.05, 4.69) is 5.10 Å². The topological polar surface area (TPSA) is 44.1 Å². The van der Waals surface area contributed by atoms with Gasteiger partial charge in [0.25, 0.3) is 0 Å². The van der Waals surface area contributed by atoms with Crippen LogP contribution in [0.5, 0.6) is 5.75 Å². The Morgan fingerprint density at radius 3 is 2.92 bits per heavy atom. The molecular weight excluding hydrogens is 300 g/mol. The van der Waals surface area contributed by atoms with Crippen molar-refractivity contribution in [3.05, 3.63) is 83.7 Å². The van der Waals surface area contributed by atoms with E-state index in [1.54, 1.807) is 23.0 Å². The Labute approximate surface area is 140 Å². The minimum Gasteiger partial charge on any atom is -0.493 e. The lowest BCUT2D eigenvalue weighted by Gasteiger charge is -2.00. The van der Waals surface area contributed by atoms with E-state index in [9.17, 15) is 4.79 Å². The number of rotatable bonds is 4. The van der Waals surface area contributed by atoms with E-state index in [0.29, 0.717) is 12.2 Å². The number of benzene rings is 2. The zero-order valence-electron chi connectivity index (χ0n) is 13.1. The highest BCUT2D eigenvalue weighted by molar-refractivity contribution is 6.07. The first-order chi connectivity index (χ1) is 11.8. The van der Waals surface area contributed by atoms with E-state index in [4.69, 9.17) is 4.74 Å². The summed E-state index contributed by atoms with van der Waals surface area (Å²) in [5, 5.41) is 4.32. The van der Waals surface area contributed by atoms with Crippen LogP contribution >= 0.6 is 0 Å². The van der Waals surface area contributed by atoms with E-state index in [-0.39, 0.29) is 5.78 Å². The molecule has 4 rings (SSSR count). The molecule has 1 aliphatic rings. The Hall–Kier alpha value is -3.14. The lowest BCUT2D eigenvalue weighted by atomic mass is 10.0. The summed E-state index contributed by atoms with van der Waals surface area (Å²) in [4.78, 5) is 12.3. The van der Waals surface area contributed by atoms with Crippen LogP contribution < -0.4 is 4.74 Å². The second-order valence-corrected chi connectivity index (χ2v) is 5.67. The number of allylic oxidation sites excluding steroid dienone is 1. The fraction of sp³-hybridized carbons (Fsp3) is 0.100. The van der Waals surface area contributed by atoms with Crippen LogP contribution in [-0.2, 0) is 6.42 Å². The molecule has 0 atom stereocenters. The van der Waals surface area contributed by atoms with Crippen molar-refractivity contribution in [2.24, 2.45) is 0 Å². The molecule has 0 aliphatic carbocycles. The third-order valence-corrected chi connectivity index (χ3v) is 4.02. The molecule has 0 spiro atoms. The van der Waals surface area contributed by atoms with Crippen LogP contribution in [0.2, 0.25) is 0 Å². The van der Waals surface area contributed by atoms with Crippen LogP contribution in [0.1, 0.15) is 21.5 Å². The Kier molecular flexibility index (Phi) is 3.71. The number of fused-ring (bicyclic) bond motifs is 1. The van der Waals surface area contributed by atoms with Gasteiger partial charge in [0.1, 0.15) is 5.75 Å². The van der Waals surface area contributed by atoms with Crippen LogP contribution in [0.4, 0.5) is 0 Å². The second kappa shape index (κ2) is 6.16. The maximum absolute atomic E-state index is 12.3. The second-order valence-electron chi connectivity index (χ2n) is 5.67. The van der Waals surface area contributed by atoms with Crippen LogP contribution in [-0.4, -0.2) is 22.2 Å². The average molecular weight is 316 g/mol. The average Bonchev–Trinajstić information content (AvgIpc) is 3.29. The van der Waals surface area contributed by atoms with Gasteiger partial charge in [-0.1, -0.05) is 18.2 Å². The summed E-state index contributed by atoms with van der Waals surface area (Å²) in [6.07, 6.45) is 7.88. The third kappa shape index (κ3) is 2.86. The van der Waals surface area contributed by atoms with E-state index in [0.717, 1.165) is 29.0 Å². The lowest BCUT2D eigenvalue weighted by molar-refractivity contribution is 0.104. The van der Waals surface area contributed by atoms with Crippen molar-refractivity contribution in [2.45, 2.75) is 6.42 Å². The minimum atomic E-state index is -0.0165. The third-order valence-electron chi connectivity index (χ3n) is 4.02. The molecule has 3 aromatic rings. The van der Waals surface area contributed by atoms with Gasteiger partial charge in [-0.3, -0.25) is 4.79 Å². The van der Waals surface area contributed by atoms with Crippen molar-refractivity contribution in [3.8, 4) is 11.4 Å². The molecule has 1 aliphatic heterocycles. The van der Waals surface area contributed by atoms with Gasteiger partial charge in [0.05, 0.1) is 18.5 Å². The zero-order valence-corrected chi connectivity index (χ0v) is 13.1. The SMILES string of the molecule is O=C(C=Cc1cnn(-c2ccccc2)c1)c1ccc2c(c1)CCO2. The smallest absolute Gasteiger partial charge is 0.185 e. The molecule has 118 valence electrons. The van der Waals surface area contributed by atoms with Crippen molar-refractivity contribution in [1.29, 1.82) is 0 Å². The Morgan fingerprint density at radius 1 is 1.17 bits per heavy atom. The van der Waals surface area contributed by atoms with Crippen molar-refractivity contribution in [3.63, 3.8) is 0 Å². The van der Waals surface area contributed by atoms with Gasteiger partial charge in [-0.15, -0.1) is 0 Å². The fourth-order valence-electron chi connectivity index (χ4n) is 2.75. The maximum Gasteiger partial charge on any atom is 0.185 e. The summed E-state index contributed by atoms with van der Waals surface area (Å²) in [5.41, 5.74) is 3.66. The highest BCUT2D eigenvalue weighted by Gasteiger charge is 2.13. The van der Waals surface area contributed by atoms with Crippen LogP contribution in [0.3, 0.4) is 0 Å². The molecule has 1 aromatic heterocycles. The molecule has 0 N–H and O–H groups in total. The van der Waals surface area contributed by atoms with Gasteiger partial charge < -0.3 is 4.74 Å². The number of ether oxygens (including phenoxy) is 1. The zero-order chi connectivity index (χ0) is 16.4. The predicted molar refractivity (Wildman–Crippen MR) is 92.6 cm³/mol. The van der Waals surface area contributed by atoms with Gasteiger partial charge in [0.2, 0.25) is 0 Å². The Morgan fingerprint density at radius 2 is 2.04 bits per heavy atom. The number of nitrogens with zero attached hydrogens (tertiary/aromatic N) is 2. The summed E-state index contributed by atoms with van der Waals surface area (Å²) < 4.78 is 7.26. The van der Waals surface area contributed by atoms with Gasteiger partial charge in [0.15, 0.2) is 5.78 Å². The molecule has 0 radical (unpaired) electrons.